The van der Waals surface area contributed by atoms with E-state index in [-0.39, 0.29) is 23.4 Å². The quantitative estimate of drug-likeness (QED) is 0.562. The number of halogens is 1. The normalized spacial score (nSPS) is 16.0. The first-order chi connectivity index (χ1) is 14.8. The van der Waals surface area contributed by atoms with Gasteiger partial charge in [-0.3, -0.25) is 9.69 Å². The second-order valence-corrected chi connectivity index (χ2v) is 10.9. The number of rotatable bonds is 5. The molecule has 1 aliphatic rings. The molecule has 9 heteroatoms. The third-order valence-electron chi connectivity index (χ3n) is 5.67. The minimum Gasteiger partial charge on any atom is -0.274 e. The van der Waals surface area contributed by atoms with Crippen LogP contribution < -0.4 is 4.90 Å². The van der Waals surface area contributed by atoms with Gasteiger partial charge in [0.1, 0.15) is 5.82 Å². The molecule has 0 aliphatic carbocycles. The lowest BCUT2D eigenvalue weighted by molar-refractivity contribution is -0.122. The van der Waals surface area contributed by atoms with Crippen molar-refractivity contribution in [2.45, 2.75) is 26.7 Å². The molecule has 0 spiro atoms. The van der Waals surface area contributed by atoms with Gasteiger partial charge in [0, 0.05) is 19.0 Å². The number of hydrogen-bond acceptors (Lipinski definition) is 5. The second-order valence-electron chi connectivity index (χ2n) is 7.65. The molecule has 6 nitrogen and oxygen atoms in total. The number of aryl methyl sites for hydroxylation is 1. The van der Waals surface area contributed by atoms with Crippen LogP contribution in [0.25, 0.3) is 10.2 Å². The zero-order valence-corrected chi connectivity index (χ0v) is 19.0. The number of anilines is 2. The number of carbonyl (C=O) groups is 1. The molecular weight excluding hydrogens is 437 g/mol. The van der Waals surface area contributed by atoms with Crippen molar-refractivity contribution in [3.05, 3.63) is 53.8 Å². The summed E-state index contributed by atoms with van der Waals surface area (Å²) in [4.78, 5) is 19.7. The first-order valence-corrected chi connectivity index (χ1v) is 12.7. The first-order valence-electron chi connectivity index (χ1n) is 10.2. The lowest BCUT2D eigenvalue weighted by atomic mass is 9.96. The Morgan fingerprint density at radius 1 is 1.23 bits per heavy atom. The molecule has 1 fully saturated rings. The molecule has 3 aromatic rings. The van der Waals surface area contributed by atoms with Crippen LogP contribution in [0, 0.1) is 18.7 Å². The number of carbonyl (C=O) groups excluding carboxylic acids is 1. The van der Waals surface area contributed by atoms with Crippen LogP contribution in [-0.2, 0) is 14.8 Å². The third-order valence-corrected chi connectivity index (χ3v) is 8.57. The number of nitrogens with zero attached hydrogens (tertiary/aromatic N) is 3. The van der Waals surface area contributed by atoms with Crippen LogP contribution in [-0.4, -0.2) is 42.5 Å². The maximum Gasteiger partial charge on any atom is 0.236 e. The van der Waals surface area contributed by atoms with Crippen LogP contribution in [0.2, 0.25) is 0 Å². The average molecular weight is 462 g/mol. The average Bonchev–Trinajstić information content (AvgIpc) is 3.20. The van der Waals surface area contributed by atoms with E-state index in [4.69, 9.17) is 0 Å². The molecule has 0 radical (unpaired) electrons. The molecule has 0 bridgehead atoms. The highest BCUT2D eigenvalue weighted by Gasteiger charge is 2.34. The second kappa shape index (κ2) is 8.64. The molecule has 1 saturated heterocycles. The fraction of sp³-hybridized carbons (Fsp3) is 0.364. The minimum atomic E-state index is -3.27. The van der Waals surface area contributed by atoms with E-state index < -0.39 is 10.0 Å². The molecule has 164 valence electrons. The van der Waals surface area contributed by atoms with Gasteiger partial charge in [0.2, 0.25) is 15.9 Å². The van der Waals surface area contributed by atoms with Crippen molar-refractivity contribution in [1.82, 2.24) is 9.29 Å². The zero-order chi connectivity index (χ0) is 22.2. The Labute approximate surface area is 185 Å². The molecule has 1 aromatic heterocycles. The number of aromatic nitrogens is 1. The van der Waals surface area contributed by atoms with Crippen molar-refractivity contribution in [2.24, 2.45) is 5.92 Å². The summed E-state index contributed by atoms with van der Waals surface area (Å²) in [6.07, 6.45) is 0.849. The van der Waals surface area contributed by atoms with E-state index in [1.807, 2.05) is 24.3 Å². The molecule has 1 aliphatic heterocycles. The van der Waals surface area contributed by atoms with Crippen LogP contribution in [0.5, 0.6) is 0 Å². The minimum absolute atomic E-state index is 0.0477. The van der Waals surface area contributed by atoms with E-state index in [1.165, 1.54) is 26.6 Å². The van der Waals surface area contributed by atoms with Gasteiger partial charge in [0.25, 0.3) is 0 Å². The highest BCUT2D eigenvalue weighted by Crippen LogP contribution is 2.36. The van der Waals surface area contributed by atoms with Crippen molar-refractivity contribution >= 4 is 48.3 Å². The highest BCUT2D eigenvalue weighted by atomic mass is 32.2. The maximum absolute atomic E-state index is 14.4. The molecule has 2 heterocycles. The fourth-order valence-electron chi connectivity index (χ4n) is 3.75. The van der Waals surface area contributed by atoms with Crippen LogP contribution in [0.3, 0.4) is 0 Å². The topological polar surface area (TPSA) is 70.6 Å². The Bertz CT molecular complexity index is 1180. The molecular formula is C22H24FN3O3S2. The number of benzene rings is 2. The standard InChI is InChI=1S/C22H24FN3O3S2/c1-3-31(28,29)25-12-10-16(11-13-25)21(27)26(17-9-8-15(2)18(23)14-17)22-24-19-6-4-5-7-20(19)30-22/h4-9,14,16H,3,10-13H2,1-2H3. The van der Waals surface area contributed by atoms with Gasteiger partial charge in [-0.1, -0.05) is 29.5 Å². The Hall–Kier alpha value is -2.36. The van der Waals surface area contributed by atoms with Crippen LogP contribution >= 0.6 is 11.3 Å². The van der Waals surface area contributed by atoms with Gasteiger partial charge in [0.05, 0.1) is 21.7 Å². The number of fused-ring (bicyclic) bond motifs is 1. The summed E-state index contributed by atoms with van der Waals surface area (Å²) >= 11 is 1.38. The van der Waals surface area contributed by atoms with E-state index in [2.05, 4.69) is 4.98 Å². The van der Waals surface area contributed by atoms with Gasteiger partial charge in [-0.25, -0.2) is 22.1 Å². The number of sulfonamides is 1. The van der Waals surface area contributed by atoms with Gasteiger partial charge in [-0.05, 0) is 56.5 Å². The third kappa shape index (κ3) is 4.35. The van der Waals surface area contributed by atoms with Crippen molar-refractivity contribution < 1.29 is 17.6 Å². The summed E-state index contributed by atoms with van der Waals surface area (Å²) in [7, 11) is -3.27. The summed E-state index contributed by atoms with van der Waals surface area (Å²) in [5.74, 6) is -0.887. The molecule has 4 rings (SSSR count). The van der Waals surface area contributed by atoms with Gasteiger partial charge in [-0.2, -0.15) is 0 Å². The van der Waals surface area contributed by atoms with E-state index in [0.29, 0.717) is 42.3 Å². The predicted molar refractivity (Wildman–Crippen MR) is 122 cm³/mol. The molecule has 1 amide bonds. The van der Waals surface area contributed by atoms with Gasteiger partial charge < -0.3 is 0 Å². The van der Waals surface area contributed by atoms with E-state index in [9.17, 15) is 17.6 Å². The number of thiazole rings is 1. The Kier molecular flexibility index (Phi) is 6.09. The van der Waals surface area contributed by atoms with Crippen LogP contribution in [0.4, 0.5) is 15.2 Å². The lowest BCUT2D eigenvalue weighted by Crippen LogP contribution is -2.43. The monoisotopic (exact) mass is 461 g/mol. The van der Waals surface area contributed by atoms with Crippen molar-refractivity contribution in [1.29, 1.82) is 0 Å². The zero-order valence-electron chi connectivity index (χ0n) is 17.4. The predicted octanol–water partition coefficient (Wildman–Crippen LogP) is 4.47. The molecule has 31 heavy (non-hydrogen) atoms. The Morgan fingerprint density at radius 2 is 1.94 bits per heavy atom. The Morgan fingerprint density at radius 3 is 2.58 bits per heavy atom. The fourth-order valence-corrected chi connectivity index (χ4v) is 5.88. The molecule has 0 atom stereocenters. The van der Waals surface area contributed by atoms with E-state index in [0.717, 1.165) is 10.2 Å². The SMILES string of the molecule is CCS(=O)(=O)N1CCC(C(=O)N(c2ccc(C)c(F)c2)c2nc3ccccc3s2)CC1. The van der Waals surface area contributed by atoms with Gasteiger partial charge in [0.15, 0.2) is 5.13 Å². The summed E-state index contributed by atoms with van der Waals surface area (Å²) in [6, 6.07) is 12.3. The number of amides is 1. The van der Waals surface area contributed by atoms with Crippen LogP contribution in [0.1, 0.15) is 25.3 Å². The Balaban J connectivity index is 1.67. The number of hydrogen-bond donors (Lipinski definition) is 0. The highest BCUT2D eigenvalue weighted by molar-refractivity contribution is 7.89. The molecule has 0 saturated carbocycles. The number of piperidine rings is 1. The van der Waals surface area contributed by atoms with Gasteiger partial charge in [-0.15, -0.1) is 0 Å². The van der Waals surface area contributed by atoms with Crippen molar-refractivity contribution in [3.8, 4) is 0 Å². The smallest absolute Gasteiger partial charge is 0.236 e. The summed E-state index contributed by atoms with van der Waals surface area (Å²) in [5.41, 5.74) is 1.70. The van der Waals surface area contributed by atoms with Crippen molar-refractivity contribution in [2.75, 3.05) is 23.7 Å². The largest absolute Gasteiger partial charge is 0.274 e. The maximum atomic E-state index is 14.4. The van der Waals surface area contributed by atoms with Crippen molar-refractivity contribution in [3.63, 3.8) is 0 Å². The molecule has 0 N–H and O–H groups in total. The molecule has 0 unspecified atom stereocenters. The summed E-state index contributed by atoms with van der Waals surface area (Å²) in [5, 5.41) is 0.484. The first kappa shape index (κ1) is 21.9. The lowest BCUT2D eigenvalue weighted by Gasteiger charge is -2.32. The van der Waals surface area contributed by atoms with Crippen LogP contribution in [0.15, 0.2) is 42.5 Å². The summed E-state index contributed by atoms with van der Waals surface area (Å²) < 4.78 is 41.1. The summed E-state index contributed by atoms with van der Waals surface area (Å²) in [6.45, 7) is 3.91. The van der Waals surface area contributed by atoms with E-state index >= 15 is 0 Å². The number of para-hydroxylation sites is 1. The van der Waals surface area contributed by atoms with Gasteiger partial charge >= 0.3 is 0 Å². The van der Waals surface area contributed by atoms with E-state index in [1.54, 1.807) is 26.0 Å². The molecule has 2 aromatic carbocycles.